The number of hydrogen-bond donors (Lipinski definition) is 0. The van der Waals surface area contributed by atoms with Gasteiger partial charge in [-0.05, 0) is 72.6 Å². The summed E-state index contributed by atoms with van der Waals surface area (Å²) < 4.78 is 2.24. The molecule has 0 radical (unpaired) electrons. The lowest BCUT2D eigenvalue weighted by Gasteiger charge is -2.15. The fourth-order valence-electron chi connectivity index (χ4n) is 6.54. The van der Waals surface area contributed by atoms with Gasteiger partial charge < -0.3 is 0 Å². The van der Waals surface area contributed by atoms with Gasteiger partial charge in [0.2, 0.25) is 0 Å². The number of rotatable bonds is 2. The zero-order valence-electron chi connectivity index (χ0n) is 21.1. The monoisotopic (exact) mass is 494 g/mol. The first kappa shape index (κ1) is 20.8. The second-order valence-electron chi connectivity index (χ2n) is 10.4. The van der Waals surface area contributed by atoms with Gasteiger partial charge in [0.05, 0.1) is 11.0 Å². The van der Waals surface area contributed by atoms with Crippen molar-refractivity contribution in [3.8, 4) is 22.3 Å². The standard InChI is InChI=1S/C37H22N2/c1-2-11-30-28(10-1)32(22-39-34-14-4-3-13-33(34)38-37(30)39)24-17-15-23(16-18-24)31-21-27-9-5-7-25-19-20-26-8-6-12-29(31)36(26)35(25)27/h1-22H. The molecule has 0 N–H and O–H groups in total. The molecule has 0 aliphatic heterocycles. The van der Waals surface area contributed by atoms with Crippen molar-refractivity contribution < 1.29 is 0 Å². The molecule has 0 unspecified atom stereocenters. The normalized spacial score (nSPS) is 12.1. The van der Waals surface area contributed by atoms with Crippen LogP contribution in [-0.4, -0.2) is 9.38 Å². The van der Waals surface area contributed by atoms with Crippen molar-refractivity contribution >= 4 is 59.8 Å². The summed E-state index contributed by atoms with van der Waals surface area (Å²) in [6.07, 6.45) is 2.25. The SMILES string of the molecule is c1cc2ccc3cccc4c(-c5ccc(-c6cn7c8ccccc8nc7c7ccccc67)cc5)cc(c1)c2c34. The lowest BCUT2D eigenvalue weighted by Crippen LogP contribution is -1.91. The molecule has 0 saturated carbocycles. The summed E-state index contributed by atoms with van der Waals surface area (Å²) in [7, 11) is 0. The van der Waals surface area contributed by atoms with E-state index in [0.717, 1.165) is 16.7 Å². The molecule has 0 aliphatic carbocycles. The highest BCUT2D eigenvalue weighted by molar-refractivity contribution is 6.26. The van der Waals surface area contributed by atoms with E-state index in [0.29, 0.717) is 0 Å². The third-order valence-corrected chi connectivity index (χ3v) is 8.33. The van der Waals surface area contributed by atoms with Crippen molar-refractivity contribution in [2.75, 3.05) is 0 Å². The van der Waals surface area contributed by atoms with Gasteiger partial charge >= 0.3 is 0 Å². The summed E-state index contributed by atoms with van der Waals surface area (Å²) in [6.45, 7) is 0. The van der Waals surface area contributed by atoms with Crippen LogP contribution in [0.1, 0.15) is 0 Å². The Morgan fingerprint density at radius 2 is 1.10 bits per heavy atom. The lowest BCUT2D eigenvalue weighted by atomic mass is 9.88. The largest absolute Gasteiger partial charge is 0.298 e. The summed E-state index contributed by atoms with van der Waals surface area (Å²) in [4.78, 5) is 4.96. The fraction of sp³-hybridized carbons (Fsp3) is 0. The van der Waals surface area contributed by atoms with Gasteiger partial charge in [-0.1, -0.05) is 109 Å². The Labute approximate surface area is 224 Å². The summed E-state index contributed by atoms with van der Waals surface area (Å²) >= 11 is 0. The van der Waals surface area contributed by atoms with Crippen LogP contribution in [0.3, 0.4) is 0 Å². The Bertz CT molecular complexity index is 2380. The third kappa shape index (κ3) is 2.89. The van der Waals surface area contributed by atoms with Crippen molar-refractivity contribution in [3.63, 3.8) is 0 Å². The summed E-state index contributed by atoms with van der Waals surface area (Å²) in [6, 6.07) is 46.2. The van der Waals surface area contributed by atoms with E-state index in [9.17, 15) is 0 Å². The van der Waals surface area contributed by atoms with Crippen molar-refractivity contribution in [1.82, 2.24) is 9.38 Å². The van der Waals surface area contributed by atoms with Gasteiger partial charge in [0.1, 0.15) is 5.65 Å². The highest BCUT2D eigenvalue weighted by atomic mass is 15.0. The molecule has 0 saturated heterocycles. The number of para-hydroxylation sites is 2. The van der Waals surface area contributed by atoms with Crippen LogP contribution in [0.2, 0.25) is 0 Å². The smallest absolute Gasteiger partial charge is 0.145 e. The maximum Gasteiger partial charge on any atom is 0.145 e. The van der Waals surface area contributed by atoms with Gasteiger partial charge in [0.25, 0.3) is 0 Å². The average Bonchev–Trinajstić information content (AvgIpc) is 3.38. The van der Waals surface area contributed by atoms with E-state index in [1.165, 1.54) is 65.3 Å². The molecule has 180 valence electrons. The number of benzene rings is 7. The third-order valence-electron chi connectivity index (χ3n) is 8.33. The van der Waals surface area contributed by atoms with Crippen molar-refractivity contribution in [2.24, 2.45) is 0 Å². The summed E-state index contributed by atoms with van der Waals surface area (Å²) in [5.41, 5.74) is 8.07. The minimum absolute atomic E-state index is 1.00. The minimum Gasteiger partial charge on any atom is -0.298 e. The number of pyridine rings is 1. The number of fused-ring (bicyclic) bond motifs is 5. The van der Waals surface area contributed by atoms with Crippen molar-refractivity contribution in [2.45, 2.75) is 0 Å². The van der Waals surface area contributed by atoms with Gasteiger partial charge in [-0.2, -0.15) is 0 Å². The van der Waals surface area contributed by atoms with Crippen LogP contribution in [0.5, 0.6) is 0 Å². The Morgan fingerprint density at radius 1 is 0.462 bits per heavy atom. The second kappa shape index (κ2) is 7.66. The molecular weight excluding hydrogens is 472 g/mol. The molecule has 9 rings (SSSR count). The average molecular weight is 495 g/mol. The summed E-state index contributed by atoms with van der Waals surface area (Å²) in [5, 5.41) is 10.3. The van der Waals surface area contributed by atoms with Gasteiger partial charge in [-0.3, -0.25) is 4.40 Å². The molecule has 0 spiro atoms. The van der Waals surface area contributed by atoms with E-state index in [1.807, 2.05) is 0 Å². The Morgan fingerprint density at radius 3 is 1.95 bits per heavy atom. The zero-order valence-corrected chi connectivity index (χ0v) is 21.1. The molecule has 0 bridgehead atoms. The first-order valence-corrected chi connectivity index (χ1v) is 13.4. The quantitative estimate of drug-likeness (QED) is 0.219. The lowest BCUT2D eigenvalue weighted by molar-refractivity contribution is 1.25. The van der Waals surface area contributed by atoms with Crippen LogP contribution in [-0.2, 0) is 0 Å². The molecule has 2 heterocycles. The molecule has 9 aromatic rings. The molecule has 0 atom stereocenters. The summed E-state index contributed by atoms with van der Waals surface area (Å²) in [5.74, 6) is 0. The second-order valence-corrected chi connectivity index (χ2v) is 10.4. The van der Waals surface area contributed by atoms with E-state index < -0.39 is 0 Å². The van der Waals surface area contributed by atoms with E-state index in [1.54, 1.807) is 0 Å². The first-order valence-electron chi connectivity index (χ1n) is 13.4. The number of imidazole rings is 1. The first-order chi connectivity index (χ1) is 19.3. The number of nitrogens with zero attached hydrogens (tertiary/aromatic N) is 2. The molecule has 0 amide bonds. The van der Waals surface area contributed by atoms with E-state index >= 15 is 0 Å². The molecule has 0 aliphatic rings. The minimum atomic E-state index is 1.00. The fourth-order valence-corrected chi connectivity index (χ4v) is 6.54. The molecule has 39 heavy (non-hydrogen) atoms. The predicted molar refractivity (Wildman–Crippen MR) is 165 cm³/mol. The Hall–Kier alpha value is -5.21. The number of hydrogen-bond acceptors (Lipinski definition) is 1. The van der Waals surface area contributed by atoms with Gasteiger partial charge in [0, 0.05) is 17.1 Å². The molecule has 7 aromatic carbocycles. The molecule has 2 heteroatoms. The topological polar surface area (TPSA) is 17.3 Å². The van der Waals surface area contributed by atoms with Gasteiger partial charge in [-0.25, -0.2) is 4.98 Å². The maximum absolute atomic E-state index is 4.96. The molecule has 2 aromatic heterocycles. The predicted octanol–water partition coefficient (Wildman–Crippen LogP) is 9.87. The van der Waals surface area contributed by atoms with Crippen LogP contribution in [0.15, 0.2) is 134 Å². The van der Waals surface area contributed by atoms with Crippen LogP contribution >= 0.6 is 0 Å². The Kier molecular flexibility index (Phi) is 4.08. The van der Waals surface area contributed by atoms with Gasteiger partial charge in [-0.15, -0.1) is 0 Å². The van der Waals surface area contributed by atoms with E-state index in [2.05, 4.69) is 138 Å². The number of aromatic nitrogens is 2. The molecule has 0 fully saturated rings. The van der Waals surface area contributed by atoms with Crippen LogP contribution in [0, 0.1) is 0 Å². The highest BCUT2D eigenvalue weighted by Crippen LogP contribution is 2.41. The van der Waals surface area contributed by atoms with E-state index in [-0.39, 0.29) is 0 Å². The Balaban J connectivity index is 1.27. The van der Waals surface area contributed by atoms with Crippen LogP contribution < -0.4 is 0 Å². The van der Waals surface area contributed by atoms with Crippen molar-refractivity contribution in [1.29, 1.82) is 0 Å². The van der Waals surface area contributed by atoms with Crippen LogP contribution in [0.4, 0.5) is 0 Å². The van der Waals surface area contributed by atoms with Crippen LogP contribution in [0.25, 0.3) is 82.0 Å². The van der Waals surface area contributed by atoms with Gasteiger partial charge in [0.15, 0.2) is 0 Å². The van der Waals surface area contributed by atoms with Crippen molar-refractivity contribution in [3.05, 3.63) is 134 Å². The molecule has 2 nitrogen and oxygen atoms in total. The molecular formula is C37H22N2. The maximum atomic E-state index is 4.96. The highest BCUT2D eigenvalue weighted by Gasteiger charge is 2.15. The van der Waals surface area contributed by atoms with E-state index in [4.69, 9.17) is 4.98 Å². The zero-order chi connectivity index (χ0) is 25.5.